The molecule has 0 spiro atoms. The van der Waals surface area contributed by atoms with E-state index in [1.165, 1.54) is 0 Å². The molecule has 2 nitrogen and oxygen atoms in total. The van der Waals surface area contributed by atoms with Gasteiger partial charge in [-0.1, -0.05) is 0 Å². The Bertz CT molecular complexity index is 412. The molecule has 0 aromatic heterocycles. The first-order valence-corrected chi connectivity index (χ1v) is 6.03. The second-order valence-electron chi connectivity index (χ2n) is 3.07. The molecule has 0 aliphatic rings. The SMILES string of the molecule is O=[Si]N=C(CCCCl)c1cc(F)ccc1F. The number of alkyl halides is 1. The summed E-state index contributed by atoms with van der Waals surface area (Å²) in [6, 6.07) is 3.09. The fourth-order valence-electron chi connectivity index (χ4n) is 1.26. The molecule has 0 aliphatic heterocycles. The smallest absolute Gasteiger partial charge is 0.352 e. The van der Waals surface area contributed by atoms with E-state index in [0.29, 0.717) is 18.7 Å². The normalized spacial score (nSPS) is 11.6. The largest absolute Gasteiger partial charge is 0.491 e. The molecular formula is C10H9ClF2NOSi. The van der Waals surface area contributed by atoms with Crippen LogP contribution in [0.15, 0.2) is 22.9 Å². The summed E-state index contributed by atoms with van der Waals surface area (Å²) in [6.07, 6.45) is 0.944. The number of benzene rings is 1. The molecule has 1 rings (SSSR count). The van der Waals surface area contributed by atoms with Gasteiger partial charge in [0.05, 0.1) is 0 Å². The summed E-state index contributed by atoms with van der Waals surface area (Å²) in [7, 11) is -0.926. The molecule has 0 heterocycles. The molecule has 0 amide bonds. The van der Waals surface area contributed by atoms with Crippen LogP contribution >= 0.6 is 11.6 Å². The monoisotopic (exact) mass is 260 g/mol. The Balaban J connectivity index is 3.05. The number of nitrogens with zero attached hydrogens (tertiary/aromatic N) is 1. The second kappa shape index (κ2) is 6.60. The highest BCUT2D eigenvalue weighted by Gasteiger charge is 2.10. The van der Waals surface area contributed by atoms with Gasteiger partial charge in [-0.05, 0) is 31.0 Å². The summed E-state index contributed by atoms with van der Waals surface area (Å²) < 4.78 is 40.5. The van der Waals surface area contributed by atoms with Crippen molar-refractivity contribution in [3.8, 4) is 0 Å². The van der Waals surface area contributed by atoms with E-state index in [2.05, 4.69) is 4.66 Å². The van der Waals surface area contributed by atoms with Gasteiger partial charge in [-0.25, -0.2) is 8.78 Å². The Morgan fingerprint density at radius 1 is 1.44 bits per heavy atom. The van der Waals surface area contributed by atoms with Crippen LogP contribution in [0.5, 0.6) is 0 Å². The lowest BCUT2D eigenvalue weighted by molar-refractivity contribution is 0.577. The van der Waals surface area contributed by atoms with Crippen molar-refractivity contribution in [2.45, 2.75) is 12.8 Å². The standard InChI is InChI=1S/C10H9ClF2NOSi/c11-5-1-2-10(14-16-15)8-6-7(12)3-4-9(8)13/h3-4,6H,1-2,5H2. The lowest BCUT2D eigenvalue weighted by atomic mass is 10.1. The molecule has 0 bridgehead atoms. The van der Waals surface area contributed by atoms with Gasteiger partial charge in [-0.3, -0.25) is 4.66 Å². The van der Waals surface area contributed by atoms with Crippen LogP contribution in [0.3, 0.4) is 0 Å². The minimum absolute atomic E-state index is 0.0495. The molecule has 1 aromatic rings. The fourth-order valence-corrected chi connectivity index (χ4v) is 1.73. The summed E-state index contributed by atoms with van der Waals surface area (Å²) in [5.41, 5.74) is 0.333. The summed E-state index contributed by atoms with van der Waals surface area (Å²) in [6.45, 7) is 0. The second-order valence-corrected chi connectivity index (χ2v) is 3.85. The van der Waals surface area contributed by atoms with Crippen LogP contribution in [0.4, 0.5) is 8.78 Å². The summed E-state index contributed by atoms with van der Waals surface area (Å²) in [5.74, 6) is -0.741. The third-order valence-corrected chi connectivity index (χ3v) is 2.60. The highest BCUT2D eigenvalue weighted by atomic mass is 35.5. The summed E-state index contributed by atoms with van der Waals surface area (Å²) >= 11 is 5.51. The maximum absolute atomic E-state index is 13.4. The fraction of sp³-hybridized carbons (Fsp3) is 0.300. The summed E-state index contributed by atoms with van der Waals surface area (Å²) in [4.78, 5) is 0. The van der Waals surface area contributed by atoms with Gasteiger partial charge in [-0.15, -0.1) is 11.6 Å². The van der Waals surface area contributed by atoms with Gasteiger partial charge in [-0.2, -0.15) is 0 Å². The van der Waals surface area contributed by atoms with Crippen LogP contribution in [0.1, 0.15) is 18.4 Å². The van der Waals surface area contributed by atoms with Gasteiger partial charge in [0.15, 0.2) is 0 Å². The van der Waals surface area contributed by atoms with Gasteiger partial charge in [0.25, 0.3) is 0 Å². The first kappa shape index (κ1) is 13.1. The summed E-state index contributed by atoms with van der Waals surface area (Å²) in [5, 5.41) is 0. The molecule has 6 heteroatoms. The Kier molecular flexibility index (Phi) is 5.41. The average Bonchev–Trinajstić information content (AvgIpc) is 2.28. The lowest BCUT2D eigenvalue weighted by Crippen LogP contribution is -2.06. The van der Waals surface area contributed by atoms with Crippen molar-refractivity contribution < 1.29 is 13.2 Å². The first-order chi connectivity index (χ1) is 7.69. The van der Waals surface area contributed by atoms with Crippen LogP contribution in [0, 0.1) is 11.6 Å². The number of halogens is 3. The van der Waals surface area contributed by atoms with E-state index in [9.17, 15) is 13.2 Å². The van der Waals surface area contributed by atoms with Crippen molar-refractivity contribution >= 4 is 26.9 Å². The van der Waals surface area contributed by atoms with Crippen molar-refractivity contribution in [2.75, 3.05) is 5.88 Å². The highest BCUT2D eigenvalue weighted by molar-refractivity contribution is 6.22. The highest BCUT2D eigenvalue weighted by Crippen LogP contribution is 2.14. The minimum atomic E-state index is -0.926. The Hall–Kier alpha value is -0.943. The molecule has 1 aromatic carbocycles. The zero-order chi connectivity index (χ0) is 12.0. The van der Waals surface area contributed by atoms with E-state index in [4.69, 9.17) is 11.6 Å². The first-order valence-electron chi connectivity index (χ1n) is 4.64. The van der Waals surface area contributed by atoms with Crippen molar-refractivity contribution in [3.05, 3.63) is 35.4 Å². The van der Waals surface area contributed by atoms with Crippen molar-refractivity contribution in [3.63, 3.8) is 0 Å². The van der Waals surface area contributed by atoms with Gasteiger partial charge >= 0.3 is 9.57 Å². The van der Waals surface area contributed by atoms with Gasteiger partial charge in [0.1, 0.15) is 11.6 Å². The van der Waals surface area contributed by atoms with Crippen molar-refractivity contribution in [2.24, 2.45) is 4.66 Å². The van der Waals surface area contributed by atoms with Gasteiger partial charge in [0.2, 0.25) is 0 Å². The minimum Gasteiger partial charge on any atom is -0.352 e. The van der Waals surface area contributed by atoms with E-state index in [1.807, 2.05) is 0 Å². The zero-order valence-electron chi connectivity index (χ0n) is 8.34. The molecular weight excluding hydrogens is 252 g/mol. The molecule has 0 unspecified atom stereocenters. The van der Waals surface area contributed by atoms with Crippen LogP contribution in [0.25, 0.3) is 0 Å². The molecule has 85 valence electrons. The van der Waals surface area contributed by atoms with Gasteiger partial charge in [0, 0.05) is 17.2 Å². The van der Waals surface area contributed by atoms with Crippen molar-refractivity contribution in [1.29, 1.82) is 0 Å². The van der Waals surface area contributed by atoms with E-state index in [-0.39, 0.29) is 11.3 Å². The van der Waals surface area contributed by atoms with E-state index in [0.717, 1.165) is 18.2 Å². The van der Waals surface area contributed by atoms with Crippen LogP contribution < -0.4 is 0 Å². The van der Waals surface area contributed by atoms with Crippen LogP contribution in [-0.4, -0.2) is 21.2 Å². The van der Waals surface area contributed by atoms with E-state index < -0.39 is 21.2 Å². The molecule has 0 saturated heterocycles. The van der Waals surface area contributed by atoms with E-state index >= 15 is 0 Å². The Morgan fingerprint density at radius 2 is 2.19 bits per heavy atom. The maximum Gasteiger partial charge on any atom is 0.491 e. The van der Waals surface area contributed by atoms with Crippen LogP contribution in [-0.2, 0) is 4.46 Å². The van der Waals surface area contributed by atoms with E-state index in [1.54, 1.807) is 0 Å². The molecule has 0 saturated carbocycles. The number of hydrogen-bond donors (Lipinski definition) is 0. The van der Waals surface area contributed by atoms with Crippen LogP contribution in [0.2, 0.25) is 0 Å². The Morgan fingerprint density at radius 3 is 2.81 bits per heavy atom. The molecule has 0 atom stereocenters. The van der Waals surface area contributed by atoms with Gasteiger partial charge < -0.3 is 4.46 Å². The van der Waals surface area contributed by atoms with Crippen molar-refractivity contribution in [1.82, 2.24) is 0 Å². The predicted octanol–water partition coefficient (Wildman–Crippen LogP) is 2.74. The lowest BCUT2D eigenvalue weighted by Gasteiger charge is -2.05. The third-order valence-electron chi connectivity index (χ3n) is 1.97. The molecule has 0 fully saturated rings. The Labute approximate surface area is 99.3 Å². The molecule has 16 heavy (non-hydrogen) atoms. The topological polar surface area (TPSA) is 29.4 Å². The third kappa shape index (κ3) is 3.57. The zero-order valence-corrected chi connectivity index (χ0v) is 10.1. The number of rotatable bonds is 5. The molecule has 0 aliphatic carbocycles. The average molecular weight is 261 g/mol. The molecule has 1 radical (unpaired) electrons. The number of hydrogen-bond acceptors (Lipinski definition) is 1. The predicted molar refractivity (Wildman–Crippen MR) is 59.3 cm³/mol. The maximum atomic E-state index is 13.4. The quantitative estimate of drug-likeness (QED) is 0.455. The molecule has 0 N–H and O–H groups in total.